The molecule has 2 aromatic carbocycles. The van der Waals surface area contributed by atoms with Crippen LogP contribution in [0.2, 0.25) is 10.0 Å². The molecule has 0 amide bonds. The molecule has 126 valence electrons. The lowest BCUT2D eigenvalue weighted by molar-refractivity contribution is 0.0689. The molecule has 3 aromatic rings. The van der Waals surface area contributed by atoms with Crippen LogP contribution in [0, 0.1) is 0 Å². The summed E-state index contributed by atoms with van der Waals surface area (Å²) in [5, 5.41) is 0.954. The summed E-state index contributed by atoms with van der Waals surface area (Å²) in [5.74, 6) is 0.312. The molecule has 0 saturated carbocycles. The molecule has 1 heterocycles. The van der Waals surface area contributed by atoms with E-state index in [0.29, 0.717) is 33.4 Å². The smallest absolute Gasteiger partial charge is 0.295 e. The minimum atomic E-state index is -2.64. The molecule has 0 N–H and O–H groups in total. The number of aromatic nitrogens is 2. The Balaban J connectivity index is 1.86. The number of hydrogen-bond donors (Lipinski definition) is 0. The number of fused-ring (bicyclic) bond motifs is 1. The summed E-state index contributed by atoms with van der Waals surface area (Å²) in [7, 11) is 1.83. The summed E-state index contributed by atoms with van der Waals surface area (Å²) in [5.41, 5.74) is 1.82. The largest absolute Gasteiger partial charge is 0.320 e. The van der Waals surface area contributed by atoms with Crippen molar-refractivity contribution in [2.75, 3.05) is 7.05 Å². The number of nitrogens with zero attached hydrogens (tertiary/aromatic N) is 3. The lowest BCUT2D eigenvalue weighted by Crippen LogP contribution is -2.20. The second-order valence-electron chi connectivity index (χ2n) is 5.55. The molecule has 0 aliphatic rings. The first-order chi connectivity index (χ1) is 11.5. The lowest BCUT2D eigenvalue weighted by atomic mass is 10.2. The zero-order chi connectivity index (χ0) is 17.3. The van der Waals surface area contributed by atoms with Crippen molar-refractivity contribution in [3.8, 4) is 0 Å². The van der Waals surface area contributed by atoms with Gasteiger partial charge in [0.15, 0.2) is 0 Å². The van der Waals surface area contributed by atoms with Crippen LogP contribution in [0.1, 0.15) is 17.9 Å². The Bertz CT molecular complexity index is 864. The average molecular weight is 370 g/mol. The van der Waals surface area contributed by atoms with Crippen LogP contribution >= 0.6 is 23.2 Å². The Morgan fingerprint density at radius 3 is 2.58 bits per heavy atom. The highest BCUT2D eigenvalue weighted by Gasteiger charge is 2.19. The van der Waals surface area contributed by atoms with Crippen LogP contribution in [0.25, 0.3) is 11.0 Å². The number of imidazole rings is 1. The molecule has 0 unspecified atom stereocenters. The van der Waals surface area contributed by atoms with E-state index in [9.17, 15) is 8.78 Å². The van der Waals surface area contributed by atoms with E-state index in [1.54, 1.807) is 30.3 Å². The third kappa shape index (κ3) is 3.38. The molecule has 0 fully saturated rings. The van der Waals surface area contributed by atoms with Crippen molar-refractivity contribution in [1.29, 1.82) is 0 Å². The van der Waals surface area contributed by atoms with Crippen molar-refractivity contribution >= 4 is 34.2 Å². The average Bonchev–Trinajstić information content (AvgIpc) is 2.89. The second kappa shape index (κ2) is 7.05. The molecule has 1 aromatic heterocycles. The summed E-state index contributed by atoms with van der Waals surface area (Å²) >= 11 is 12.2. The third-order valence-electron chi connectivity index (χ3n) is 3.75. The van der Waals surface area contributed by atoms with E-state index in [1.165, 1.54) is 0 Å². The molecule has 0 saturated heterocycles. The van der Waals surface area contributed by atoms with Crippen molar-refractivity contribution in [1.82, 2.24) is 14.5 Å². The molecule has 0 aliphatic heterocycles. The van der Waals surface area contributed by atoms with Gasteiger partial charge in [-0.15, -0.1) is 0 Å². The Kier molecular flexibility index (Phi) is 5.04. The van der Waals surface area contributed by atoms with E-state index in [2.05, 4.69) is 4.98 Å². The van der Waals surface area contributed by atoms with Crippen LogP contribution in [-0.2, 0) is 13.1 Å². The highest BCUT2D eigenvalue weighted by atomic mass is 35.5. The topological polar surface area (TPSA) is 21.1 Å². The first kappa shape index (κ1) is 17.1. The molecule has 3 nitrogen and oxygen atoms in total. The number of benzene rings is 2. The van der Waals surface area contributed by atoms with Gasteiger partial charge in [0.1, 0.15) is 5.82 Å². The van der Waals surface area contributed by atoms with E-state index >= 15 is 0 Å². The van der Waals surface area contributed by atoms with Gasteiger partial charge < -0.3 is 0 Å². The normalized spacial score (nSPS) is 11.8. The fraction of sp³-hybridized carbons (Fsp3) is 0.235. The molecule has 0 radical (unpaired) electrons. The fourth-order valence-corrected chi connectivity index (χ4v) is 3.06. The molecule has 3 rings (SSSR count). The zero-order valence-electron chi connectivity index (χ0n) is 12.9. The minimum Gasteiger partial charge on any atom is -0.295 e. The minimum absolute atomic E-state index is 0.266. The van der Waals surface area contributed by atoms with Gasteiger partial charge in [-0.3, -0.25) is 9.47 Å². The van der Waals surface area contributed by atoms with Crippen molar-refractivity contribution in [3.63, 3.8) is 0 Å². The Morgan fingerprint density at radius 2 is 1.83 bits per heavy atom. The molecule has 0 atom stereocenters. The van der Waals surface area contributed by atoms with Gasteiger partial charge in [0.25, 0.3) is 0 Å². The molecule has 0 aliphatic carbocycles. The standard InChI is InChI=1S/C17H15Cl2F2N3/c1-23(9-11-5-4-6-12(18)16(11)19)10-15-22-13-7-2-3-8-14(13)24(15)17(20)21/h2-8,17H,9-10H2,1H3. The van der Waals surface area contributed by atoms with Crippen molar-refractivity contribution in [2.45, 2.75) is 19.6 Å². The Labute approximate surface area is 148 Å². The van der Waals surface area contributed by atoms with Gasteiger partial charge in [0, 0.05) is 6.54 Å². The van der Waals surface area contributed by atoms with Gasteiger partial charge in [-0.2, -0.15) is 8.78 Å². The van der Waals surface area contributed by atoms with E-state index in [1.807, 2.05) is 24.1 Å². The molecular formula is C17H15Cl2F2N3. The van der Waals surface area contributed by atoms with E-state index in [-0.39, 0.29) is 6.54 Å². The molecule has 7 heteroatoms. The summed E-state index contributed by atoms with van der Waals surface area (Å²) < 4.78 is 27.9. The maximum Gasteiger partial charge on any atom is 0.320 e. The summed E-state index contributed by atoms with van der Waals surface area (Å²) in [6.07, 6.45) is 0. The molecule has 0 bridgehead atoms. The number of rotatable bonds is 5. The number of halogens is 4. The highest BCUT2D eigenvalue weighted by Crippen LogP contribution is 2.27. The summed E-state index contributed by atoms with van der Waals surface area (Å²) in [4.78, 5) is 6.21. The van der Waals surface area contributed by atoms with E-state index < -0.39 is 6.55 Å². The maximum atomic E-state index is 13.5. The van der Waals surface area contributed by atoms with Crippen LogP contribution in [0.3, 0.4) is 0 Å². The highest BCUT2D eigenvalue weighted by molar-refractivity contribution is 6.42. The van der Waals surface area contributed by atoms with E-state index in [4.69, 9.17) is 23.2 Å². The van der Waals surface area contributed by atoms with Gasteiger partial charge in [-0.1, -0.05) is 47.5 Å². The van der Waals surface area contributed by atoms with Gasteiger partial charge in [-0.05, 0) is 30.8 Å². The Hall–Kier alpha value is -1.69. The predicted octanol–water partition coefficient (Wildman–Crippen LogP) is 5.37. The summed E-state index contributed by atoms with van der Waals surface area (Å²) in [6.45, 7) is -1.90. The van der Waals surface area contributed by atoms with E-state index in [0.717, 1.165) is 10.1 Å². The number of alkyl halides is 2. The maximum absolute atomic E-state index is 13.5. The monoisotopic (exact) mass is 369 g/mol. The molecular weight excluding hydrogens is 355 g/mol. The van der Waals surface area contributed by atoms with Crippen LogP contribution in [0.5, 0.6) is 0 Å². The van der Waals surface area contributed by atoms with Gasteiger partial charge in [0.05, 0.1) is 27.6 Å². The first-order valence-electron chi connectivity index (χ1n) is 7.33. The number of para-hydroxylation sites is 2. The lowest BCUT2D eigenvalue weighted by Gasteiger charge is -2.18. The Morgan fingerprint density at radius 1 is 1.08 bits per heavy atom. The predicted molar refractivity (Wildman–Crippen MR) is 92.6 cm³/mol. The molecule has 24 heavy (non-hydrogen) atoms. The van der Waals surface area contributed by atoms with Crippen LogP contribution in [-0.4, -0.2) is 21.5 Å². The molecule has 0 spiro atoms. The third-order valence-corrected chi connectivity index (χ3v) is 4.61. The quantitative estimate of drug-likeness (QED) is 0.602. The second-order valence-corrected chi connectivity index (χ2v) is 6.33. The van der Waals surface area contributed by atoms with Crippen molar-refractivity contribution in [3.05, 3.63) is 63.9 Å². The first-order valence-corrected chi connectivity index (χ1v) is 8.08. The van der Waals surface area contributed by atoms with Crippen LogP contribution in [0.15, 0.2) is 42.5 Å². The van der Waals surface area contributed by atoms with Gasteiger partial charge >= 0.3 is 6.55 Å². The van der Waals surface area contributed by atoms with Crippen molar-refractivity contribution < 1.29 is 8.78 Å². The van der Waals surface area contributed by atoms with Gasteiger partial charge in [0.2, 0.25) is 0 Å². The number of hydrogen-bond acceptors (Lipinski definition) is 2. The van der Waals surface area contributed by atoms with Crippen LogP contribution < -0.4 is 0 Å². The van der Waals surface area contributed by atoms with Crippen molar-refractivity contribution in [2.24, 2.45) is 0 Å². The zero-order valence-corrected chi connectivity index (χ0v) is 14.4. The van der Waals surface area contributed by atoms with Gasteiger partial charge in [-0.25, -0.2) is 4.98 Å². The fourth-order valence-electron chi connectivity index (χ4n) is 2.68. The SMILES string of the molecule is CN(Cc1cccc(Cl)c1Cl)Cc1nc2ccccc2n1C(F)F. The summed E-state index contributed by atoms with van der Waals surface area (Å²) in [6, 6.07) is 12.3. The van der Waals surface area contributed by atoms with Crippen LogP contribution in [0.4, 0.5) is 8.78 Å².